The van der Waals surface area contributed by atoms with Gasteiger partial charge >= 0.3 is 42.8 Å². The highest BCUT2D eigenvalue weighted by Gasteiger charge is 2.75. The standard InChI is InChI=1S/C18H25F9O4.C17H26F6O3/c1-5-13(2,3)12(28)31-11-7-9(14(4,29)16(19,20)21)6-10(8-11)15(30,17(22,23)24)18(25,26)27;1-4-14(2,3)13(24)26-12(11-8-6-5-7-9-11)10-15(25,16(18,19)20)17(21,22)23/h9-11,29-30H,5-8H2,1-4H3;11-12,25H,4-10H2,1-3H3. The summed E-state index contributed by atoms with van der Waals surface area (Å²) in [6.45, 7) is 9.20. The van der Waals surface area contributed by atoms with Crippen molar-refractivity contribution in [1.82, 2.24) is 0 Å². The molecule has 0 heterocycles. The number of carbonyl (C=O) groups excluding carboxylic acids is 2. The summed E-state index contributed by atoms with van der Waals surface area (Å²) in [6, 6.07) is 0. The lowest BCUT2D eigenvalue weighted by molar-refractivity contribution is -0.391. The fourth-order valence-corrected chi connectivity index (χ4v) is 6.41. The molecule has 22 heteroatoms. The lowest BCUT2D eigenvalue weighted by atomic mass is 9.66. The Balaban J connectivity index is 0.000000579. The average molecular weight is 869 g/mol. The first-order chi connectivity index (χ1) is 25.2. The van der Waals surface area contributed by atoms with Gasteiger partial charge in [-0.3, -0.25) is 9.59 Å². The van der Waals surface area contributed by atoms with Crippen molar-refractivity contribution in [3.05, 3.63) is 0 Å². The van der Waals surface area contributed by atoms with E-state index in [4.69, 9.17) is 9.47 Å². The molecule has 2 saturated carbocycles. The van der Waals surface area contributed by atoms with Crippen LogP contribution >= 0.6 is 0 Å². The van der Waals surface area contributed by atoms with Gasteiger partial charge in [0.15, 0.2) is 5.60 Å². The minimum absolute atomic E-state index is 0.167. The van der Waals surface area contributed by atoms with Gasteiger partial charge in [0.05, 0.1) is 10.8 Å². The third kappa shape index (κ3) is 12.0. The zero-order chi connectivity index (χ0) is 45.2. The smallest absolute Gasteiger partial charge is 0.426 e. The Labute approximate surface area is 320 Å². The third-order valence-corrected chi connectivity index (χ3v) is 11.5. The van der Waals surface area contributed by atoms with Crippen LogP contribution in [0.2, 0.25) is 0 Å². The van der Waals surface area contributed by atoms with Crippen LogP contribution in [0.3, 0.4) is 0 Å². The first-order valence-electron chi connectivity index (χ1n) is 18.1. The van der Waals surface area contributed by atoms with Crippen molar-refractivity contribution >= 4 is 11.9 Å². The lowest BCUT2D eigenvalue weighted by Crippen LogP contribution is -2.64. The Hall–Kier alpha value is -2.23. The largest absolute Gasteiger partial charge is 0.462 e. The van der Waals surface area contributed by atoms with Crippen LogP contribution in [0.15, 0.2) is 0 Å². The van der Waals surface area contributed by atoms with E-state index in [1.165, 1.54) is 27.7 Å². The normalized spacial score (nSPS) is 23.1. The van der Waals surface area contributed by atoms with Gasteiger partial charge < -0.3 is 24.8 Å². The molecule has 0 amide bonds. The molecular formula is C35H51F15O7. The first-order valence-corrected chi connectivity index (χ1v) is 18.1. The molecule has 2 fully saturated rings. The summed E-state index contributed by atoms with van der Waals surface area (Å²) in [4.78, 5) is 24.5. The van der Waals surface area contributed by atoms with Crippen LogP contribution < -0.4 is 0 Å². The highest BCUT2D eigenvalue weighted by Crippen LogP contribution is 2.55. The molecule has 57 heavy (non-hydrogen) atoms. The van der Waals surface area contributed by atoms with Crippen molar-refractivity contribution in [2.24, 2.45) is 28.6 Å². The van der Waals surface area contributed by atoms with E-state index in [2.05, 4.69) is 0 Å². The van der Waals surface area contributed by atoms with Crippen molar-refractivity contribution in [2.45, 2.75) is 179 Å². The summed E-state index contributed by atoms with van der Waals surface area (Å²) in [5.41, 5.74) is -16.2. The minimum atomic E-state index is -6.28. The van der Waals surface area contributed by atoms with Crippen LogP contribution in [-0.4, -0.2) is 87.2 Å². The molecule has 2 aliphatic rings. The maximum Gasteiger partial charge on any atom is 0.426 e. The summed E-state index contributed by atoms with van der Waals surface area (Å²) in [6.07, 6.45) is -35.2. The molecule has 0 spiro atoms. The number of hydrogen-bond donors (Lipinski definition) is 3. The van der Waals surface area contributed by atoms with E-state index in [-0.39, 0.29) is 13.3 Å². The molecule has 0 radical (unpaired) electrons. The van der Waals surface area contributed by atoms with Gasteiger partial charge in [0.25, 0.3) is 11.2 Å². The number of halogens is 15. The number of rotatable bonds is 11. The Morgan fingerprint density at radius 3 is 1.35 bits per heavy atom. The molecule has 7 nitrogen and oxygen atoms in total. The first kappa shape index (κ1) is 52.8. The second-order valence-electron chi connectivity index (χ2n) is 16.4. The molecule has 0 bridgehead atoms. The SMILES string of the molecule is CCC(C)(C)C(=O)OC(CC(O)(C(F)(F)F)C(F)(F)F)C1CCCCC1.CCC(C)(C)C(=O)OC1CC(C(C)(O)C(F)(F)F)CC(C(O)(C(F)(F)F)C(F)(F)F)C1. The third-order valence-electron chi connectivity index (χ3n) is 11.5. The van der Waals surface area contributed by atoms with Gasteiger partial charge in [0.2, 0.25) is 0 Å². The van der Waals surface area contributed by atoms with Gasteiger partial charge in [-0.1, -0.05) is 33.1 Å². The van der Waals surface area contributed by atoms with Crippen LogP contribution in [0.4, 0.5) is 65.9 Å². The van der Waals surface area contributed by atoms with Crippen LogP contribution in [0, 0.1) is 28.6 Å². The molecule has 338 valence electrons. The lowest BCUT2D eigenvalue weighted by Gasteiger charge is -2.47. The van der Waals surface area contributed by atoms with Gasteiger partial charge in [0.1, 0.15) is 12.2 Å². The van der Waals surface area contributed by atoms with E-state index in [0.717, 1.165) is 6.42 Å². The van der Waals surface area contributed by atoms with E-state index < -0.39 is 126 Å². The number of carbonyl (C=O) groups is 2. The second kappa shape index (κ2) is 17.8. The maximum absolute atomic E-state index is 13.3. The zero-order valence-electron chi connectivity index (χ0n) is 32.3. The molecular weight excluding hydrogens is 817 g/mol. The van der Waals surface area contributed by atoms with E-state index >= 15 is 0 Å². The van der Waals surface area contributed by atoms with E-state index in [0.29, 0.717) is 32.1 Å². The van der Waals surface area contributed by atoms with Crippen LogP contribution in [0.25, 0.3) is 0 Å². The van der Waals surface area contributed by atoms with Crippen molar-refractivity contribution in [1.29, 1.82) is 0 Å². The van der Waals surface area contributed by atoms with Crippen molar-refractivity contribution in [3.63, 3.8) is 0 Å². The van der Waals surface area contributed by atoms with Gasteiger partial charge in [-0.25, -0.2) is 0 Å². The van der Waals surface area contributed by atoms with Crippen LogP contribution in [0.5, 0.6) is 0 Å². The van der Waals surface area contributed by atoms with Gasteiger partial charge in [-0.15, -0.1) is 0 Å². The molecule has 5 atom stereocenters. The average Bonchev–Trinajstić information content (AvgIpc) is 3.05. The van der Waals surface area contributed by atoms with Crippen LogP contribution in [-0.2, 0) is 19.1 Å². The highest BCUT2D eigenvalue weighted by atomic mass is 19.4. The minimum Gasteiger partial charge on any atom is -0.462 e. The molecule has 0 aromatic rings. The molecule has 5 unspecified atom stereocenters. The Bertz CT molecular complexity index is 1300. The Morgan fingerprint density at radius 2 is 0.982 bits per heavy atom. The van der Waals surface area contributed by atoms with E-state index in [1.807, 2.05) is 0 Å². The summed E-state index contributed by atoms with van der Waals surface area (Å²) < 4.78 is 208. The highest BCUT2D eigenvalue weighted by molar-refractivity contribution is 5.76. The number of hydrogen-bond acceptors (Lipinski definition) is 7. The molecule has 0 saturated heterocycles. The second-order valence-corrected chi connectivity index (χ2v) is 16.4. The van der Waals surface area contributed by atoms with Crippen LogP contribution in [0.1, 0.15) is 119 Å². The summed E-state index contributed by atoms with van der Waals surface area (Å²) in [5.74, 6) is -7.58. The van der Waals surface area contributed by atoms with Crippen molar-refractivity contribution < 1.29 is 100 Å². The molecule has 2 aliphatic carbocycles. The monoisotopic (exact) mass is 868 g/mol. The molecule has 0 aromatic heterocycles. The molecule has 0 aliphatic heterocycles. The quantitative estimate of drug-likeness (QED) is 0.140. The predicted octanol–water partition coefficient (Wildman–Crippen LogP) is 10.1. The number of alkyl halides is 15. The van der Waals surface area contributed by atoms with Gasteiger partial charge in [-0.2, -0.15) is 65.9 Å². The number of ether oxygens (including phenoxy) is 2. The summed E-state index contributed by atoms with van der Waals surface area (Å²) >= 11 is 0. The molecule has 3 N–H and O–H groups in total. The summed E-state index contributed by atoms with van der Waals surface area (Å²) in [5, 5.41) is 29.1. The fraction of sp³-hybridized carbons (Fsp3) is 0.943. The summed E-state index contributed by atoms with van der Waals surface area (Å²) in [7, 11) is 0. The Kier molecular flexibility index (Phi) is 16.5. The molecule has 0 aromatic carbocycles. The number of aliphatic hydroxyl groups is 3. The fourth-order valence-electron chi connectivity index (χ4n) is 6.41. The maximum atomic E-state index is 13.3. The van der Waals surface area contributed by atoms with Crippen molar-refractivity contribution in [3.8, 4) is 0 Å². The predicted molar refractivity (Wildman–Crippen MR) is 171 cm³/mol. The Morgan fingerprint density at radius 1 is 0.579 bits per heavy atom. The van der Waals surface area contributed by atoms with Gasteiger partial charge in [-0.05, 0) is 85.5 Å². The van der Waals surface area contributed by atoms with Crippen molar-refractivity contribution in [2.75, 3.05) is 0 Å². The molecule has 2 rings (SSSR count). The number of esters is 2. The van der Waals surface area contributed by atoms with Gasteiger partial charge in [0, 0.05) is 18.3 Å². The van der Waals surface area contributed by atoms with E-state index in [1.54, 1.807) is 13.8 Å². The zero-order valence-corrected chi connectivity index (χ0v) is 32.3. The topological polar surface area (TPSA) is 113 Å². The van der Waals surface area contributed by atoms with E-state index in [9.17, 15) is 90.8 Å².